The summed E-state index contributed by atoms with van der Waals surface area (Å²) >= 11 is 0. The van der Waals surface area contributed by atoms with Crippen LogP contribution in [-0.2, 0) is 14.3 Å². The quantitative estimate of drug-likeness (QED) is 0.871. The lowest BCUT2D eigenvalue weighted by molar-refractivity contribution is -0.143. The summed E-state index contributed by atoms with van der Waals surface area (Å²) in [7, 11) is 0. The third-order valence-electron chi connectivity index (χ3n) is 3.31. The number of halogens is 1. The first kappa shape index (κ1) is 15.2. The van der Waals surface area contributed by atoms with Crippen LogP contribution >= 0.6 is 0 Å². The lowest BCUT2D eigenvalue weighted by atomic mass is 9.84. The summed E-state index contributed by atoms with van der Waals surface area (Å²) in [6.45, 7) is 5.11. The van der Waals surface area contributed by atoms with Crippen LogP contribution < -0.4 is 5.32 Å². The Morgan fingerprint density at radius 1 is 1.38 bits per heavy atom. The van der Waals surface area contributed by atoms with Crippen molar-refractivity contribution in [3.05, 3.63) is 46.9 Å². The van der Waals surface area contributed by atoms with E-state index in [1.165, 1.54) is 6.07 Å². The van der Waals surface area contributed by atoms with Crippen LogP contribution in [0.3, 0.4) is 0 Å². The maximum atomic E-state index is 14.0. The number of carbonyl (C=O) groups excluding carboxylic acids is 2. The van der Waals surface area contributed by atoms with Crippen molar-refractivity contribution in [3.8, 4) is 0 Å². The van der Waals surface area contributed by atoms with Gasteiger partial charge in [-0.1, -0.05) is 18.2 Å². The van der Waals surface area contributed by atoms with Crippen molar-refractivity contribution in [2.24, 2.45) is 0 Å². The second-order valence-corrected chi connectivity index (χ2v) is 5.32. The third-order valence-corrected chi connectivity index (χ3v) is 3.31. The monoisotopic (exact) mass is 291 g/mol. The van der Waals surface area contributed by atoms with Crippen LogP contribution in [0.25, 0.3) is 0 Å². The Balaban J connectivity index is 2.46. The molecule has 112 valence electrons. The van der Waals surface area contributed by atoms with Gasteiger partial charge in [-0.15, -0.1) is 0 Å². The van der Waals surface area contributed by atoms with E-state index in [2.05, 4.69) is 5.32 Å². The van der Waals surface area contributed by atoms with E-state index in [1.807, 2.05) is 0 Å². The summed E-state index contributed by atoms with van der Waals surface area (Å²) in [6, 6.07) is 6.17. The molecule has 1 unspecified atom stereocenters. The fourth-order valence-corrected chi connectivity index (χ4v) is 2.47. The van der Waals surface area contributed by atoms with Crippen molar-refractivity contribution < 1.29 is 18.7 Å². The average molecular weight is 291 g/mol. The molecule has 0 aromatic heterocycles. The van der Waals surface area contributed by atoms with Gasteiger partial charge in [0.2, 0.25) is 5.91 Å². The Morgan fingerprint density at radius 3 is 2.67 bits per heavy atom. The molecule has 1 heterocycles. The number of esters is 1. The molecule has 0 fully saturated rings. The molecule has 1 aromatic carbocycles. The van der Waals surface area contributed by atoms with Gasteiger partial charge >= 0.3 is 5.97 Å². The van der Waals surface area contributed by atoms with Gasteiger partial charge in [0.05, 0.1) is 11.7 Å². The zero-order chi connectivity index (χ0) is 15.6. The minimum Gasteiger partial charge on any atom is -0.460 e. The van der Waals surface area contributed by atoms with Gasteiger partial charge in [0, 0.05) is 18.0 Å². The van der Waals surface area contributed by atoms with Crippen molar-refractivity contribution in [1.29, 1.82) is 0 Å². The van der Waals surface area contributed by atoms with Crippen LogP contribution in [0.2, 0.25) is 0 Å². The Labute approximate surface area is 123 Å². The molecule has 1 atom stereocenters. The van der Waals surface area contributed by atoms with E-state index in [1.54, 1.807) is 39.0 Å². The smallest absolute Gasteiger partial charge is 0.336 e. The largest absolute Gasteiger partial charge is 0.460 e. The molecule has 0 saturated heterocycles. The highest BCUT2D eigenvalue weighted by atomic mass is 19.1. The summed E-state index contributed by atoms with van der Waals surface area (Å²) in [4.78, 5) is 24.0. The first-order valence-corrected chi connectivity index (χ1v) is 6.86. The van der Waals surface area contributed by atoms with Gasteiger partial charge in [0.1, 0.15) is 5.82 Å². The Hall–Kier alpha value is -2.17. The minimum atomic E-state index is -0.619. The maximum absolute atomic E-state index is 14.0. The Bertz CT molecular complexity index is 607. The summed E-state index contributed by atoms with van der Waals surface area (Å²) in [5.74, 6) is -1.80. The first-order chi connectivity index (χ1) is 9.90. The van der Waals surface area contributed by atoms with E-state index in [0.29, 0.717) is 16.8 Å². The van der Waals surface area contributed by atoms with Crippen LogP contribution in [-0.4, -0.2) is 18.0 Å². The van der Waals surface area contributed by atoms with Gasteiger partial charge in [-0.25, -0.2) is 9.18 Å². The summed E-state index contributed by atoms with van der Waals surface area (Å²) in [5.41, 5.74) is 1.07. The number of hydrogen-bond acceptors (Lipinski definition) is 3. The van der Waals surface area contributed by atoms with E-state index in [4.69, 9.17) is 4.74 Å². The molecule has 1 amide bonds. The second-order valence-electron chi connectivity index (χ2n) is 5.32. The zero-order valence-electron chi connectivity index (χ0n) is 12.3. The highest BCUT2D eigenvalue weighted by molar-refractivity contribution is 5.95. The predicted octanol–water partition coefficient (Wildman–Crippen LogP) is 2.65. The number of allylic oxidation sites excluding steroid dienone is 1. The number of ether oxygens (including phenoxy) is 1. The Morgan fingerprint density at radius 2 is 2.05 bits per heavy atom. The van der Waals surface area contributed by atoms with Gasteiger partial charge < -0.3 is 10.1 Å². The van der Waals surface area contributed by atoms with Crippen molar-refractivity contribution in [3.63, 3.8) is 0 Å². The summed E-state index contributed by atoms with van der Waals surface area (Å²) < 4.78 is 19.2. The molecule has 1 aliphatic rings. The molecule has 4 nitrogen and oxygen atoms in total. The molecule has 0 spiro atoms. The first-order valence-electron chi connectivity index (χ1n) is 6.86. The SMILES string of the molecule is CC1=C(C(=O)OC(C)C)C(c2ccccc2F)CC(=O)N1. The fraction of sp³-hybridized carbons (Fsp3) is 0.375. The molecular formula is C16H18FNO3. The molecular weight excluding hydrogens is 273 g/mol. The molecule has 1 N–H and O–H groups in total. The van der Waals surface area contributed by atoms with E-state index < -0.39 is 17.7 Å². The molecule has 1 aliphatic heterocycles. The van der Waals surface area contributed by atoms with E-state index in [-0.39, 0.29) is 18.4 Å². The molecule has 21 heavy (non-hydrogen) atoms. The number of hydrogen-bond donors (Lipinski definition) is 1. The number of rotatable bonds is 3. The van der Waals surface area contributed by atoms with Gasteiger partial charge in [0.25, 0.3) is 0 Å². The predicted molar refractivity (Wildman–Crippen MR) is 75.8 cm³/mol. The lowest BCUT2D eigenvalue weighted by Gasteiger charge is -2.27. The maximum Gasteiger partial charge on any atom is 0.336 e. The molecule has 2 rings (SSSR count). The molecule has 0 aliphatic carbocycles. The van der Waals surface area contributed by atoms with E-state index in [9.17, 15) is 14.0 Å². The highest BCUT2D eigenvalue weighted by Crippen LogP contribution is 2.34. The minimum absolute atomic E-state index is 0.0286. The third kappa shape index (κ3) is 3.29. The average Bonchev–Trinajstić information content (AvgIpc) is 2.37. The van der Waals surface area contributed by atoms with Gasteiger partial charge in [-0.3, -0.25) is 4.79 Å². The van der Waals surface area contributed by atoms with Crippen LogP contribution in [0.4, 0.5) is 4.39 Å². The van der Waals surface area contributed by atoms with Gasteiger partial charge in [0.15, 0.2) is 0 Å². The summed E-state index contributed by atoms with van der Waals surface area (Å²) in [6.07, 6.45) is -0.252. The van der Waals surface area contributed by atoms with Crippen LogP contribution in [0.1, 0.15) is 38.7 Å². The standard InChI is InChI=1S/C16H18FNO3/c1-9(2)21-16(20)15-10(3)18-14(19)8-12(15)11-6-4-5-7-13(11)17/h4-7,9,12H,8H2,1-3H3,(H,18,19). The molecule has 0 radical (unpaired) electrons. The van der Waals surface area contributed by atoms with Crippen molar-refractivity contribution in [2.75, 3.05) is 0 Å². The van der Waals surface area contributed by atoms with Crippen molar-refractivity contribution >= 4 is 11.9 Å². The van der Waals surface area contributed by atoms with Crippen LogP contribution in [0, 0.1) is 5.82 Å². The van der Waals surface area contributed by atoms with E-state index in [0.717, 1.165) is 0 Å². The highest BCUT2D eigenvalue weighted by Gasteiger charge is 2.34. The molecule has 5 heteroatoms. The number of nitrogens with one attached hydrogen (secondary N) is 1. The van der Waals surface area contributed by atoms with E-state index >= 15 is 0 Å². The molecule has 1 aromatic rings. The van der Waals surface area contributed by atoms with Gasteiger partial charge in [-0.05, 0) is 32.4 Å². The van der Waals surface area contributed by atoms with Crippen LogP contribution in [0.5, 0.6) is 0 Å². The molecule has 0 saturated carbocycles. The van der Waals surface area contributed by atoms with Crippen LogP contribution in [0.15, 0.2) is 35.5 Å². The summed E-state index contributed by atoms with van der Waals surface area (Å²) in [5, 5.41) is 2.62. The lowest BCUT2D eigenvalue weighted by Crippen LogP contribution is -2.35. The van der Waals surface area contributed by atoms with Gasteiger partial charge in [-0.2, -0.15) is 0 Å². The normalized spacial score (nSPS) is 18.7. The van der Waals surface area contributed by atoms with Crippen molar-refractivity contribution in [2.45, 2.75) is 39.2 Å². The Kier molecular flexibility index (Phi) is 4.40. The van der Waals surface area contributed by atoms with Crippen molar-refractivity contribution in [1.82, 2.24) is 5.32 Å². The number of amides is 1. The number of benzene rings is 1. The zero-order valence-corrected chi connectivity index (χ0v) is 12.3. The molecule has 0 bridgehead atoms. The number of carbonyl (C=O) groups is 2. The fourth-order valence-electron chi connectivity index (χ4n) is 2.47. The second kappa shape index (κ2) is 6.08. The topological polar surface area (TPSA) is 55.4 Å².